The summed E-state index contributed by atoms with van der Waals surface area (Å²) in [6.07, 6.45) is 4.13. The molecule has 2 unspecified atom stereocenters. The predicted octanol–water partition coefficient (Wildman–Crippen LogP) is 2.70. The maximum Gasteiger partial charge on any atom is 0.312 e. The second-order valence-electron chi connectivity index (χ2n) is 9.94. The van der Waals surface area contributed by atoms with E-state index < -0.39 is 41.6 Å². The number of carbonyl (C=O) groups is 3. The first-order valence-electron chi connectivity index (χ1n) is 12.6. The quantitative estimate of drug-likeness (QED) is 0.395. The number of fused-ring (bicyclic) bond motifs is 1. The van der Waals surface area contributed by atoms with Crippen molar-refractivity contribution >= 4 is 23.5 Å². The van der Waals surface area contributed by atoms with Gasteiger partial charge in [-0.25, -0.2) is 0 Å². The SMILES string of the molecule is C=CCOC(=O)[C@@H]1[C@@H]2CCC3(O2)C(C(=O)N(CC=C)c2c(C)cccc2C)N([C@@H](CC)CO)C(=O)[C@H]13. The molecule has 36 heavy (non-hydrogen) atoms. The zero-order valence-corrected chi connectivity index (χ0v) is 21.3. The van der Waals surface area contributed by atoms with Crippen LogP contribution in [0.1, 0.15) is 37.3 Å². The number of benzene rings is 1. The largest absolute Gasteiger partial charge is 0.461 e. The predicted molar refractivity (Wildman–Crippen MR) is 135 cm³/mol. The lowest BCUT2D eigenvalue weighted by atomic mass is 9.70. The van der Waals surface area contributed by atoms with Gasteiger partial charge in [0.25, 0.3) is 5.91 Å². The molecule has 3 fully saturated rings. The van der Waals surface area contributed by atoms with E-state index >= 15 is 0 Å². The molecular formula is C28H36N2O6. The van der Waals surface area contributed by atoms with Crippen LogP contribution in [0.2, 0.25) is 0 Å². The summed E-state index contributed by atoms with van der Waals surface area (Å²) in [5.41, 5.74) is 1.45. The van der Waals surface area contributed by atoms with Crippen molar-refractivity contribution in [2.75, 3.05) is 24.7 Å². The maximum atomic E-state index is 14.5. The zero-order valence-electron chi connectivity index (χ0n) is 21.3. The molecule has 1 aromatic rings. The van der Waals surface area contributed by atoms with Crippen molar-refractivity contribution in [2.24, 2.45) is 11.8 Å². The van der Waals surface area contributed by atoms with Crippen LogP contribution >= 0.6 is 0 Å². The van der Waals surface area contributed by atoms with Gasteiger partial charge in [0.05, 0.1) is 30.6 Å². The number of likely N-dealkylation sites (tertiary alicyclic amines) is 1. The van der Waals surface area contributed by atoms with E-state index in [-0.39, 0.29) is 31.6 Å². The third-order valence-electron chi connectivity index (χ3n) is 7.95. The number of hydrogen-bond donors (Lipinski definition) is 1. The minimum absolute atomic E-state index is 0.0376. The van der Waals surface area contributed by atoms with Crippen molar-refractivity contribution in [2.45, 2.75) is 63.8 Å². The first-order valence-corrected chi connectivity index (χ1v) is 12.6. The van der Waals surface area contributed by atoms with E-state index in [0.29, 0.717) is 19.3 Å². The average molecular weight is 497 g/mol. The molecular weight excluding hydrogens is 460 g/mol. The van der Waals surface area contributed by atoms with Crippen LogP contribution < -0.4 is 4.90 Å². The number of anilines is 1. The maximum absolute atomic E-state index is 14.5. The fraction of sp³-hybridized carbons (Fsp3) is 0.536. The third-order valence-corrected chi connectivity index (χ3v) is 7.95. The molecule has 194 valence electrons. The fourth-order valence-electron chi connectivity index (χ4n) is 6.48. The van der Waals surface area contributed by atoms with E-state index in [2.05, 4.69) is 13.2 Å². The highest BCUT2D eigenvalue weighted by molar-refractivity contribution is 6.05. The van der Waals surface area contributed by atoms with Gasteiger partial charge in [0, 0.05) is 12.2 Å². The second kappa shape index (κ2) is 10.2. The van der Waals surface area contributed by atoms with Gasteiger partial charge in [0.15, 0.2) is 0 Å². The molecule has 2 amide bonds. The number of aliphatic hydroxyl groups excluding tert-OH is 1. The normalized spacial score (nSPS) is 29.1. The van der Waals surface area contributed by atoms with Crippen molar-refractivity contribution in [3.8, 4) is 0 Å². The van der Waals surface area contributed by atoms with Crippen molar-refractivity contribution in [3.63, 3.8) is 0 Å². The Morgan fingerprint density at radius 1 is 1.31 bits per heavy atom. The van der Waals surface area contributed by atoms with Crippen molar-refractivity contribution in [1.82, 2.24) is 4.90 Å². The molecule has 1 aromatic carbocycles. The molecule has 0 saturated carbocycles. The molecule has 8 heteroatoms. The third kappa shape index (κ3) is 3.87. The number of carbonyl (C=O) groups excluding carboxylic acids is 3. The summed E-state index contributed by atoms with van der Waals surface area (Å²) in [5, 5.41) is 10.2. The monoisotopic (exact) mass is 496 g/mol. The van der Waals surface area contributed by atoms with Crippen molar-refractivity contribution in [1.29, 1.82) is 0 Å². The number of rotatable bonds is 10. The van der Waals surface area contributed by atoms with Gasteiger partial charge in [-0.1, -0.05) is 43.9 Å². The summed E-state index contributed by atoms with van der Waals surface area (Å²) in [6, 6.07) is 4.26. The summed E-state index contributed by atoms with van der Waals surface area (Å²) in [4.78, 5) is 44.7. The summed E-state index contributed by atoms with van der Waals surface area (Å²) >= 11 is 0. The summed E-state index contributed by atoms with van der Waals surface area (Å²) < 4.78 is 11.8. The van der Waals surface area contributed by atoms with Crippen LogP contribution in [0.25, 0.3) is 0 Å². The highest BCUT2D eigenvalue weighted by Gasteiger charge is 2.75. The topological polar surface area (TPSA) is 96.4 Å². The number of aliphatic hydroxyl groups is 1. The smallest absolute Gasteiger partial charge is 0.312 e. The lowest BCUT2D eigenvalue weighted by molar-refractivity contribution is -0.154. The standard InChI is InChI=1S/C28H36N2O6/c1-6-14-29(23-17(4)10-9-11-18(23)5)26(33)24-28-13-12-20(36-28)21(27(34)35-15-7-2)22(28)25(32)30(24)19(8-3)16-31/h6-7,9-11,19-22,24,31H,1-2,8,12-16H2,3-5H3/t19-,20-,21+,22-,24?,28?/m0/s1. The number of esters is 1. The fourth-order valence-corrected chi connectivity index (χ4v) is 6.48. The average Bonchev–Trinajstić information content (AvgIpc) is 3.50. The highest BCUT2D eigenvalue weighted by atomic mass is 16.6. The number of amides is 2. The Kier molecular flexibility index (Phi) is 7.38. The lowest BCUT2D eigenvalue weighted by Gasteiger charge is -2.39. The Bertz CT molecular complexity index is 1050. The van der Waals surface area contributed by atoms with Gasteiger partial charge < -0.3 is 24.4 Å². The molecule has 8 nitrogen and oxygen atoms in total. The molecule has 3 saturated heterocycles. The first kappa shape index (κ1) is 26.1. The Morgan fingerprint density at radius 2 is 2.00 bits per heavy atom. The minimum Gasteiger partial charge on any atom is -0.461 e. The van der Waals surface area contributed by atoms with Crippen molar-refractivity contribution in [3.05, 3.63) is 54.6 Å². The van der Waals surface area contributed by atoms with E-state index in [0.717, 1.165) is 16.8 Å². The van der Waals surface area contributed by atoms with Gasteiger partial charge in [0.2, 0.25) is 5.91 Å². The Morgan fingerprint density at radius 3 is 2.58 bits per heavy atom. The summed E-state index contributed by atoms with van der Waals surface area (Å²) in [7, 11) is 0. The number of para-hydroxylation sites is 1. The van der Waals surface area contributed by atoms with Gasteiger partial charge in [-0.2, -0.15) is 0 Å². The Labute approximate surface area is 212 Å². The Balaban J connectivity index is 1.83. The molecule has 4 rings (SSSR count). The van der Waals surface area contributed by atoms with Crippen LogP contribution in [0.5, 0.6) is 0 Å². The number of hydrogen-bond acceptors (Lipinski definition) is 6. The van der Waals surface area contributed by atoms with E-state index in [9.17, 15) is 19.5 Å². The molecule has 6 atom stereocenters. The molecule has 3 aliphatic heterocycles. The Hall–Kier alpha value is -2.97. The van der Waals surface area contributed by atoms with E-state index in [1.54, 1.807) is 11.0 Å². The first-order chi connectivity index (χ1) is 17.3. The number of aryl methyl sites for hydroxylation is 2. The molecule has 0 aromatic heterocycles. The number of nitrogens with zero attached hydrogens (tertiary/aromatic N) is 2. The molecule has 3 heterocycles. The molecule has 0 aliphatic carbocycles. The van der Waals surface area contributed by atoms with Gasteiger partial charge in [0.1, 0.15) is 18.2 Å². The van der Waals surface area contributed by atoms with Gasteiger partial charge in [-0.3, -0.25) is 14.4 Å². The summed E-state index contributed by atoms with van der Waals surface area (Å²) in [6.45, 7) is 13.2. The van der Waals surface area contributed by atoms with Gasteiger partial charge >= 0.3 is 5.97 Å². The van der Waals surface area contributed by atoms with E-state index in [1.807, 2.05) is 39.0 Å². The number of ether oxygens (including phenoxy) is 2. The molecule has 3 aliphatic rings. The van der Waals surface area contributed by atoms with Crippen molar-refractivity contribution < 1.29 is 29.0 Å². The van der Waals surface area contributed by atoms with Crippen LogP contribution in [0.15, 0.2) is 43.5 Å². The summed E-state index contributed by atoms with van der Waals surface area (Å²) in [5.74, 6) is -2.78. The second-order valence-corrected chi connectivity index (χ2v) is 9.94. The van der Waals surface area contributed by atoms with Gasteiger partial charge in [-0.05, 0) is 44.2 Å². The van der Waals surface area contributed by atoms with E-state index in [4.69, 9.17) is 9.47 Å². The molecule has 1 spiro atoms. The molecule has 1 N–H and O–H groups in total. The van der Waals surface area contributed by atoms with Crippen LogP contribution in [-0.2, 0) is 23.9 Å². The minimum atomic E-state index is -1.16. The van der Waals surface area contributed by atoms with Crippen LogP contribution in [-0.4, -0.2) is 71.3 Å². The van der Waals surface area contributed by atoms with Crippen LogP contribution in [0.3, 0.4) is 0 Å². The molecule has 0 radical (unpaired) electrons. The zero-order chi connectivity index (χ0) is 26.2. The van der Waals surface area contributed by atoms with Crippen LogP contribution in [0, 0.1) is 25.7 Å². The lowest BCUT2D eigenvalue weighted by Crippen LogP contribution is -2.59. The van der Waals surface area contributed by atoms with Crippen LogP contribution in [0.4, 0.5) is 5.69 Å². The van der Waals surface area contributed by atoms with E-state index in [1.165, 1.54) is 11.0 Å². The highest BCUT2D eigenvalue weighted by Crippen LogP contribution is 2.59. The van der Waals surface area contributed by atoms with Gasteiger partial charge in [-0.15, -0.1) is 6.58 Å². The molecule has 2 bridgehead atoms.